The molecule has 0 radical (unpaired) electrons. The first-order valence-electron chi connectivity index (χ1n) is 6.11. The number of rotatable bonds is 3. The van der Waals surface area contributed by atoms with Gasteiger partial charge in [0.1, 0.15) is 19.6 Å². The monoisotopic (exact) mass is 261 g/mol. The van der Waals surface area contributed by atoms with E-state index in [0.717, 1.165) is 11.0 Å². The molecule has 0 saturated carbocycles. The number of hydrogen-bond donors (Lipinski definition) is 0. The zero-order chi connectivity index (χ0) is 14.6. The van der Waals surface area contributed by atoms with Gasteiger partial charge in [0.05, 0.1) is 5.54 Å². The molecule has 0 N–H and O–H groups in total. The summed E-state index contributed by atoms with van der Waals surface area (Å²) in [4.78, 5) is 7.00. The number of aromatic nitrogens is 1. The highest BCUT2D eigenvalue weighted by Crippen LogP contribution is 2.34. The number of benzene rings is 1. The molecule has 0 aliphatic carbocycles. The molecule has 96 valence electrons. The minimum Gasteiger partial charge on any atom is -0.245 e. The van der Waals surface area contributed by atoms with Gasteiger partial charge in [-0.15, -0.1) is 0 Å². The lowest BCUT2D eigenvalue weighted by molar-refractivity contribution is 0.594. The molecule has 1 aromatic heterocycles. The van der Waals surface area contributed by atoms with E-state index in [1.807, 2.05) is 38.2 Å². The first kappa shape index (κ1) is 13.7. The topological polar surface area (TPSA) is 85.4 Å². The molecular weight excluding hydrogens is 249 g/mol. The Hall–Kier alpha value is -2.77. The average Bonchev–Trinajstić information content (AvgIpc) is 2.47. The summed E-state index contributed by atoms with van der Waals surface area (Å²) >= 11 is 0. The smallest absolute Gasteiger partial charge is 0.144 e. The number of azide groups is 1. The van der Waals surface area contributed by atoms with Crippen molar-refractivity contribution < 1.29 is 0 Å². The van der Waals surface area contributed by atoms with Crippen molar-refractivity contribution in [2.24, 2.45) is 5.11 Å². The van der Waals surface area contributed by atoms with Gasteiger partial charge >= 0.3 is 0 Å². The molecule has 0 bridgehead atoms. The van der Waals surface area contributed by atoms with E-state index in [1.54, 1.807) is 25.3 Å². The number of nitrogens with zero attached hydrogens (tertiary/aromatic N) is 5. The summed E-state index contributed by atoms with van der Waals surface area (Å²) in [6.07, 6.45) is 1.55. The summed E-state index contributed by atoms with van der Waals surface area (Å²) in [6.45, 7) is 1.79. The Bertz CT molecular complexity index is 730. The molecule has 0 saturated heterocycles. The van der Waals surface area contributed by atoms with Crippen molar-refractivity contribution in [1.29, 1.82) is 5.26 Å². The van der Waals surface area contributed by atoms with Crippen molar-refractivity contribution in [3.63, 3.8) is 0 Å². The fourth-order valence-electron chi connectivity index (χ4n) is 2.19. The van der Waals surface area contributed by atoms with Crippen LogP contribution in [0.4, 0.5) is 0 Å². The lowest BCUT2D eigenvalue weighted by Gasteiger charge is -2.26. The molecule has 6 heteroatoms. The van der Waals surface area contributed by atoms with Crippen molar-refractivity contribution in [3.05, 3.63) is 69.9 Å². The summed E-state index contributed by atoms with van der Waals surface area (Å²) in [5.74, 6) is 0. The molecule has 0 amide bonds. The second-order valence-electron chi connectivity index (χ2n) is 4.64. The second kappa shape index (κ2) is 5.47. The highest BCUT2D eigenvalue weighted by atomic mass is 15.2. The SMILES string of the molecule is Bc1cccc(C(C)(N=[N+]=[N-])c2cccnc2C#N)c1. The Morgan fingerprint density at radius 3 is 2.85 bits per heavy atom. The molecular formula is C14H12BN5. The predicted molar refractivity (Wildman–Crippen MR) is 79.2 cm³/mol. The predicted octanol–water partition coefficient (Wildman–Crippen LogP) is 1.79. The Labute approximate surface area is 117 Å². The first-order valence-corrected chi connectivity index (χ1v) is 6.11. The summed E-state index contributed by atoms with van der Waals surface area (Å²) in [7, 11) is 1.97. The maximum Gasteiger partial charge on any atom is 0.144 e. The molecule has 2 aromatic rings. The molecule has 1 aromatic carbocycles. The van der Waals surface area contributed by atoms with E-state index in [4.69, 9.17) is 5.53 Å². The third-order valence-electron chi connectivity index (χ3n) is 3.26. The summed E-state index contributed by atoms with van der Waals surface area (Å²) in [5.41, 5.74) is 10.7. The van der Waals surface area contributed by atoms with Crippen molar-refractivity contribution >= 4 is 13.3 Å². The standard InChI is InChI=1S/C14H12BN5/c1-14(19-20-17,10-4-2-5-11(15)8-10)12-6-3-7-18-13(12)9-16/h2-8H,15H2,1H3. The quantitative estimate of drug-likeness (QED) is 0.365. The van der Waals surface area contributed by atoms with E-state index < -0.39 is 5.54 Å². The lowest BCUT2D eigenvalue weighted by Crippen LogP contribution is -2.23. The fourth-order valence-corrected chi connectivity index (χ4v) is 2.19. The average molecular weight is 261 g/mol. The van der Waals surface area contributed by atoms with E-state index >= 15 is 0 Å². The number of hydrogen-bond acceptors (Lipinski definition) is 3. The zero-order valence-electron chi connectivity index (χ0n) is 11.3. The Kier molecular flexibility index (Phi) is 3.74. The minimum absolute atomic E-state index is 0.268. The van der Waals surface area contributed by atoms with Gasteiger partial charge in [-0.3, -0.25) is 0 Å². The van der Waals surface area contributed by atoms with Crippen LogP contribution in [0, 0.1) is 11.3 Å². The highest BCUT2D eigenvalue weighted by molar-refractivity contribution is 6.32. The maximum absolute atomic E-state index is 9.20. The second-order valence-corrected chi connectivity index (χ2v) is 4.64. The number of nitriles is 1. The van der Waals surface area contributed by atoms with E-state index in [2.05, 4.69) is 15.0 Å². The third-order valence-corrected chi connectivity index (χ3v) is 3.26. The van der Waals surface area contributed by atoms with Crippen LogP contribution in [0.5, 0.6) is 0 Å². The van der Waals surface area contributed by atoms with Gasteiger partial charge in [-0.2, -0.15) is 5.26 Å². The maximum atomic E-state index is 9.20. The molecule has 0 aliphatic heterocycles. The summed E-state index contributed by atoms with van der Waals surface area (Å²) in [5, 5.41) is 13.1. The molecule has 5 nitrogen and oxygen atoms in total. The van der Waals surface area contributed by atoms with Gasteiger partial charge in [0.15, 0.2) is 0 Å². The van der Waals surface area contributed by atoms with Crippen LogP contribution < -0.4 is 5.46 Å². The first-order chi connectivity index (χ1) is 9.61. The lowest BCUT2D eigenvalue weighted by atomic mass is 9.82. The van der Waals surface area contributed by atoms with Crippen LogP contribution in [0.1, 0.15) is 23.7 Å². The third kappa shape index (κ3) is 2.35. The van der Waals surface area contributed by atoms with Crippen LogP contribution in [0.15, 0.2) is 47.7 Å². The van der Waals surface area contributed by atoms with Crippen LogP contribution in [-0.4, -0.2) is 12.8 Å². The van der Waals surface area contributed by atoms with Gasteiger partial charge in [0.25, 0.3) is 0 Å². The molecule has 1 unspecified atom stereocenters. The van der Waals surface area contributed by atoms with Crippen molar-refractivity contribution in [1.82, 2.24) is 4.98 Å². The van der Waals surface area contributed by atoms with E-state index in [-0.39, 0.29) is 5.69 Å². The molecule has 1 heterocycles. The number of pyridine rings is 1. The molecule has 20 heavy (non-hydrogen) atoms. The normalized spacial score (nSPS) is 12.8. The fraction of sp³-hybridized carbons (Fsp3) is 0.143. The van der Waals surface area contributed by atoms with E-state index in [9.17, 15) is 5.26 Å². The van der Waals surface area contributed by atoms with Gasteiger partial charge in [-0.25, -0.2) is 4.98 Å². The van der Waals surface area contributed by atoms with Gasteiger partial charge in [0.2, 0.25) is 0 Å². The Balaban J connectivity index is 2.73. The molecule has 0 fully saturated rings. The molecule has 2 rings (SSSR count). The van der Waals surface area contributed by atoms with E-state index in [1.165, 1.54) is 0 Å². The van der Waals surface area contributed by atoms with Gasteiger partial charge in [-0.1, -0.05) is 40.9 Å². The van der Waals surface area contributed by atoms with Crippen molar-refractivity contribution in [2.75, 3.05) is 0 Å². The molecule has 1 atom stereocenters. The highest BCUT2D eigenvalue weighted by Gasteiger charge is 2.30. The van der Waals surface area contributed by atoms with Crippen LogP contribution in [0.3, 0.4) is 0 Å². The van der Waals surface area contributed by atoms with Crippen LogP contribution >= 0.6 is 0 Å². The Morgan fingerprint density at radius 1 is 1.40 bits per heavy atom. The largest absolute Gasteiger partial charge is 0.245 e. The van der Waals surface area contributed by atoms with Gasteiger partial charge < -0.3 is 0 Å². The minimum atomic E-state index is -0.958. The van der Waals surface area contributed by atoms with Crippen LogP contribution in [-0.2, 0) is 5.54 Å². The summed E-state index contributed by atoms with van der Waals surface area (Å²) < 4.78 is 0. The van der Waals surface area contributed by atoms with Crippen molar-refractivity contribution in [2.45, 2.75) is 12.5 Å². The van der Waals surface area contributed by atoms with E-state index in [0.29, 0.717) is 5.56 Å². The van der Waals surface area contributed by atoms with Gasteiger partial charge in [-0.05, 0) is 24.1 Å². The zero-order valence-corrected chi connectivity index (χ0v) is 11.3. The van der Waals surface area contributed by atoms with Gasteiger partial charge in [0, 0.05) is 16.7 Å². The molecule has 0 spiro atoms. The Morgan fingerprint density at radius 2 is 2.20 bits per heavy atom. The van der Waals surface area contributed by atoms with Crippen LogP contribution in [0.25, 0.3) is 10.4 Å². The van der Waals surface area contributed by atoms with Crippen molar-refractivity contribution in [3.8, 4) is 6.07 Å². The van der Waals surface area contributed by atoms with Crippen LogP contribution in [0.2, 0.25) is 0 Å². The summed E-state index contributed by atoms with van der Waals surface area (Å²) in [6, 6.07) is 13.2. The molecule has 0 aliphatic rings.